The number of carbonyl (C=O) groups is 2. The van der Waals surface area contributed by atoms with Gasteiger partial charge in [-0.2, -0.15) is 0 Å². The first-order valence-electron chi connectivity index (χ1n) is 7.92. The number of halogens is 1. The SMILES string of the molecule is O=C(NCC(C(=O)O)C1CCOCC1)c1cc2c(F)cccc2[nH]1. The molecule has 1 unspecified atom stereocenters. The Balaban J connectivity index is 1.68. The number of ether oxygens (including phenoxy) is 1. The quantitative estimate of drug-likeness (QED) is 0.781. The fourth-order valence-electron chi connectivity index (χ4n) is 3.11. The van der Waals surface area contributed by atoms with Crippen molar-refractivity contribution >= 4 is 22.8 Å². The second kappa shape index (κ2) is 7.00. The number of carboxylic acids is 1. The van der Waals surface area contributed by atoms with E-state index in [1.165, 1.54) is 12.1 Å². The van der Waals surface area contributed by atoms with E-state index >= 15 is 0 Å². The van der Waals surface area contributed by atoms with Crippen molar-refractivity contribution in [3.63, 3.8) is 0 Å². The molecule has 7 heteroatoms. The summed E-state index contributed by atoms with van der Waals surface area (Å²) in [5.74, 6) is -2.45. The summed E-state index contributed by atoms with van der Waals surface area (Å²) in [6.45, 7) is 1.13. The molecule has 1 fully saturated rings. The summed E-state index contributed by atoms with van der Waals surface area (Å²) in [5, 5.41) is 12.4. The van der Waals surface area contributed by atoms with Crippen molar-refractivity contribution in [1.82, 2.24) is 10.3 Å². The lowest BCUT2D eigenvalue weighted by molar-refractivity contribution is -0.144. The predicted octanol–water partition coefficient (Wildman–Crippen LogP) is 2.16. The van der Waals surface area contributed by atoms with E-state index < -0.39 is 23.6 Å². The highest BCUT2D eigenvalue weighted by molar-refractivity contribution is 5.98. The maximum Gasteiger partial charge on any atom is 0.308 e. The molecule has 1 atom stereocenters. The fraction of sp³-hybridized carbons (Fsp3) is 0.412. The zero-order valence-corrected chi connectivity index (χ0v) is 13.0. The van der Waals surface area contributed by atoms with Gasteiger partial charge >= 0.3 is 5.97 Å². The molecule has 1 aromatic carbocycles. The number of nitrogens with one attached hydrogen (secondary N) is 2. The van der Waals surface area contributed by atoms with E-state index in [1.54, 1.807) is 12.1 Å². The number of carbonyl (C=O) groups excluding carboxylic acids is 1. The molecule has 128 valence electrons. The van der Waals surface area contributed by atoms with Crippen molar-refractivity contribution in [3.05, 3.63) is 35.8 Å². The van der Waals surface area contributed by atoms with Crippen LogP contribution in [0.3, 0.4) is 0 Å². The minimum absolute atomic E-state index is 0.0169. The zero-order chi connectivity index (χ0) is 17.1. The van der Waals surface area contributed by atoms with E-state index in [2.05, 4.69) is 10.3 Å². The van der Waals surface area contributed by atoms with Crippen LogP contribution in [0.25, 0.3) is 10.9 Å². The number of hydrogen-bond acceptors (Lipinski definition) is 3. The van der Waals surface area contributed by atoms with E-state index in [1.807, 2.05) is 0 Å². The number of aromatic nitrogens is 1. The van der Waals surface area contributed by atoms with Gasteiger partial charge in [-0.3, -0.25) is 9.59 Å². The highest BCUT2D eigenvalue weighted by Crippen LogP contribution is 2.24. The summed E-state index contributed by atoms with van der Waals surface area (Å²) in [4.78, 5) is 26.6. The average Bonchev–Trinajstić information content (AvgIpc) is 3.01. The monoisotopic (exact) mass is 334 g/mol. The zero-order valence-electron chi connectivity index (χ0n) is 13.0. The van der Waals surface area contributed by atoms with Crippen LogP contribution in [0.4, 0.5) is 4.39 Å². The molecule has 6 nitrogen and oxygen atoms in total. The first-order valence-corrected chi connectivity index (χ1v) is 7.92. The minimum Gasteiger partial charge on any atom is -0.481 e. The van der Waals surface area contributed by atoms with Gasteiger partial charge in [0.1, 0.15) is 11.5 Å². The molecule has 2 aromatic rings. The number of rotatable bonds is 5. The normalized spacial score (nSPS) is 16.9. The summed E-state index contributed by atoms with van der Waals surface area (Å²) in [6, 6.07) is 5.99. The number of carboxylic acid groups (broad SMARTS) is 1. The van der Waals surface area contributed by atoms with Crippen LogP contribution in [-0.4, -0.2) is 41.7 Å². The van der Waals surface area contributed by atoms with Crippen molar-refractivity contribution < 1.29 is 23.8 Å². The van der Waals surface area contributed by atoms with E-state index in [9.17, 15) is 19.1 Å². The molecule has 2 heterocycles. The molecule has 3 rings (SSSR count). The van der Waals surface area contributed by atoms with Gasteiger partial charge in [0.25, 0.3) is 5.91 Å². The van der Waals surface area contributed by atoms with E-state index in [-0.39, 0.29) is 18.2 Å². The minimum atomic E-state index is -0.926. The lowest BCUT2D eigenvalue weighted by atomic mass is 9.86. The second-order valence-electron chi connectivity index (χ2n) is 5.99. The first kappa shape index (κ1) is 16.4. The van der Waals surface area contributed by atoms with E-state index in [4.69, 9.17) is 4.74 Å². The first-order chi connectivity index (χ1) is 11.6. The molecular formula is C17H19FN2O4. The third-order valence-corrected chi connectivity index (χ3v) is 4.49. The Bertz CT molecular complexity index is 752. The van der Waals surface area contributed by atoms with Crippen LogP contribution >= 0.6 is 0 Å². The highest BCUT2D eigenvalue weighted by atomic mass is 19.1. The van der Waals surface area contributed by atoms with Crippen molar-refractivity contribution in [1.29, 1.82) is 0 Å². The van der Waals surface area contributed by atoms with Crippen LogP contribution in [0.15, 0.2) is 24.3 Å². The van der Waals surface area contributed by atoms with Gasteiger partial charge in [0, 0.05) is 30.7 Å². The molecule has 0 spiro atoms. The second-order valence-corrected chi connectivity index (χ2v) is 5.99. The highest BCUT2D eigenvalue weighted by Gasteiger charge is 2.30. The average molecular weight is 334 g/mol. The van der Waals surface area contributed by atoms with Gasteiger partial charge in [-0.05, 0) is 37.0 Å². The van der Waals surface area contributed by atoms with E-state index in [0.717, 1.165) is 0 Å². The predicted molar refractivity (Wildman–Crippen MR) is 85.3 cm³/mol. The Hall–Kier alpha value is -2.41. The number of aliphatic carboxylic acids is 1. The maximum atomic E-state index is 13.7. The molecule has 1 amide bonds. The molecule has 1 aliphatic heterocycles. The van der Waals surface area contributed by atoms with Gasteiger partial charge in [0.05, 0.1) is 5.92 Å². The van der Waals surface area contributed by atoms with Crippen molar-refractivity contribution in [2.45, 2.75) is 12.8 Å². The summed E-state index contributed by atoms with van der Waals surface area (Å²) >= 11 is 0. The largest absolute Gasteiger partial charge is 0.481 e. The molecule has 1 saturated heterocycles. The molecule has 1 aromatic heterocycles. The van der Waals surface area contributed by atoms with Crippen molar-refractivity contribution in [2.24, 2.45) is 11.8 Å². The Labute approximate surface area is 138 Å². The van der Waals surface area contributed by atoms with Crippen molar-refractivity contribution in [2.75, 3.05) is 19.8 Å². The van der Waals surface area contributed by atoms with E-state index in [0.29, 0.717) is 37.0 Å². The van der Waals surface area contributed by atoms with Gasteiger partial charge in [-0.25, -0.2) is 4.39 Å². The number of hydrogen-bond donors (Lipinski definition) is 3. The van der Waals surface area contributed by atoms with Crippen LogP contribution in [0.2, 0.25) is 0 Å². The van der Waals surface area contributed by atoms with Gasteiger partial charge in [-0.1, -0.05) is 6.07 Å². The molecule has 1 aliphatic rings. The molecular weight excluding hydrogens is 315 g/mol. The van der Waals surface area contributed by atoms with Crippen LogP contribution in [0, 0.1) is 17.7 Å². The van der Waals surface area contributed by atoms with Gasteiger partial charge in [0.2, 0.25) is 0 Å². The molecule has 0 saturated carbocycles. The number of fused-ring (bicyclic) bond motifs is 1. The Morgan fingerprint density at radius 1 is 1.38 bits per heavy atom. The smallest absolute Gasteiger partial charge is 0.308 e. The third kappa shape index (κ3) is 3.41. The Kier molecular flexibility index (Phi) is 4.80. The number of H-pyrrole nitrogens is 1. The molecule has 3 N–H and O–H groups in total. The maximum absolute atomic E-state index is 13.7. The molecule has 0 radical (unpaired) electrons. The fourth-order valence-corrected chi connectivity index (χ4v) is 3.11. The number of benzene rings is 1. The third-order valence-electron chi connectivity index (χ3n) is 4.49. The lowest BCUT2D eigenvalue weighted by Crippen LogP contribution is -2.39. The number of amides is 1. The summed E-state index contributed by atoms with van der Waals surface area (Å²) < 4.78 is 18.9. The Morgan fingerprint density at radius 2 is 2.12 bits per heavy atom. The number of aromatic amines is 1. The molecule has 24 heavy (non-hydrogen) atoms. The standard InChI is InChI=1S/C17H19FN2O4/c18-13-2-1-3-14-11(13)8-15(20-14)16(21)19-9-12(17(22)23)10-4-6-24-7-5-10/h1-3,8,10,12,20H,4-7,9H2,(H,19,21)(H,22,23). The summed E-state index contributed by atoms with van der Waals surface area (Å²) in [5.41, 5.74) is 0.741. The van der Waals surface area contributed by atoms with Crippen molar-refractivity contribution in [3.8, 4) is 0 Å². The summed E-state index contributed by atoms with van der Waals surface area (Å²) in [6.07, 6.45) is 1.34. The molecule has 0 bridgehead atoms. The van der Waals surface area contributed by atoms with Crippen LogP contribution < -0.4 is 5.32 Å². The lowest BCUT2D eigenvalue weighted by Gasteiger charge is -2.27. The van der Waals surface area contributed by atoms with Gasteiger partial charge in [0.15, 0.2) is 0 Å². The van der Waals surface area contributed by atoms with Crippen LogP contribution in [0.1, 0.15) is 23.3 Å². The van der Waals surface area contributed by atoms with Crippen LogP contribution in [0.5, 0.6) is 0 Å². The topological polar surface area (TPSA) is 91.4 Å². The van der Waals surface area contributed by atoms with Crippen LogP contribution in [-0.2, 0) is 9.53 Å². The Morgan fingerprint density at radius 3 is 2.79 bits per heavy atom. The van der Waals surface area contributed by atoms with Gasteiger partial charge < -0.3 is 20.1 Å². The molecule has 0 aliphatic carbocycles. The van der Waals surface area contributed by atoms with Gasteiger partial charge in [-0.15, -0.1) is 0 Å². The summed E-state index contributed by atoms with van der Waals surface area (Å²) in [7, 11) is 0.